The summed E-state index contributed by atoms with van der Waals surface area (Å²) in [5.74, 6) is 0.848. The Balaban J connectivity index is 1.47. The molecule has 1 heterocycles. The summed E-state index contributed by atoms with van der Waals surface area (Å²) in [5, 5.41) is 2.78. The van der Waals surface area contributed by atoms with E-state index in [-0.39, 0.29) is 28.8 Å². The van der Waals surface area contributed by atoms with E-state index in [1.54, 1.807) is 38.3 Å². The number of pyridine rings is 1. The van der Waals surface area contributed by atoms with Gasteiger partial charge in [0.15, 0.2) is 15.6 Å². The van der Waals surface area contributed by atoms with Crippen LogP contribution in [-0.4, -0.2) is 38.0 Å². The van der Waals surface area contributed by atoms with Crippen molar-refractivity contribution in [1.82, 2.24) is 4.98 Å². The van der Waals surface area contributed by atoms with E-state index in [0.717, 1.165) is 5.56 Å². The van der Waals surface area contributed by atoms with Crippen LogP contribution in [0.4, 0.5) is 5.82 Å². The predicted octanol–water partition coefficient (Wildman–Crippen LogP) is 4.15. The molecule has 4 rings (SSSR count). The highest BCUT2D eigenvalue weighted by molar-refractivity contribution is 7.91. The van der Waals surface area contributed by atoms with Crippen LogP contribution in [0.2, 0.25) is 0 Å². The van der Waals surface area contributed by atoms with Crippen molar-refractivity contribution in [2.45, 2.75) is 43.4 Å². The van der Waals surface area contributed by atoms with Crippen molar-refractivity contribution >= 4 is 27.3 Å². The first kappa shape index (κ1) is 24.6. The number of fused-ring (bicyclic) bond motifs is 1. The van der Waals surface area contributed by atoms with Gasteiger partial charge in [0.2, 0.25) is 5.91 Å². The van der Waals surface area contributed by atoms with Gasteiger partial charge < -0.3 is 10.1 Å². The van der Waals surface area contributed by atoms with Gasteiger partial charge in [-0.15, -0.1) is 0 Å². The first-order valence-corrected chi connectivity index (χ1v) is 13.1. The van der Waals surface area contributed by atoms with Gasteiger partial charge in [-0.25, -0.2) is 13.4 Å². The van der Waals surface area contributed by atoms with E-state index in [1.165, 1.54) is 12.1 Å². The summed E-state index contributed by atoms with van der Waals surface area (Å²) >= 11 is 0. The Kier molecular flexibility index (Phi) is 6.76. The quantitative estimate of drug-likeness (QED) is 0.532. The lowest BCUT2D eigenvalue weighted by molar-refractivity contribution is -0.115. The van der Waals surface area contributed by atoms with Crippen molar-refractivity contribution in [3.05, 3.63) is 83.0 Å². The number of nitrogens with one attached hydrogen (secondary N) is 1. The summed E-state index contributed by atoms with van der Waals surface area (Å²) in [7, 11) is -1.68. The van der Waals surface area contributed by atoms with E-state index < -0.39 is 15.3 Å². The Morgan fingerprint density at radius 3 is 2.54 bits per heavy atom. The number of hydrogen-bond acceptors (Lipinski definition) is 6. The molecule has 2 aromatic carbocycles. The van der Waals surface area contributed by atoms with E-state index in [9.17, 15) is 18.0 Å². The maximum atomic E-state index is 13.4. The van der Waals surface area contributed by atoms with E-state index in [4.69, 9.17) is 4.74 Å². The van der Waals surface area contributed by atoms with Crippen LogP contribution in [0.5, 0.6) is 5.75 Å². The Bertz CT molecular complexity index is 1380. The number of anilines is 1. The molecule has 1 aromatic heterocycles. The summed E-state index contributed by atoms with van der Waals surface area (Å²) in [6, 6.07) is 17.3. The van der Waals surface area contributed by atoms with E-state index in [2.05, 4.69) is 10.3 Å². The standard InChI is InChI=1S/C27H28N2O5S/c1-4-35(32,33)21-10-8-18(9-11-21)16-25(30)29-24-13-12-22-23(28-24)14-15-27(2,26(22)31)19-6-5-7-20(17-19)34-3/h5-13,17H,4,14-16H2,1-3H3,(H,28,29,30). The fourth-order valence-corrected chi connectivity index (χ4v) is 5.23. The van der Waals surface area contributed by atoms with Crippen LogP contribution in [0.25, 0.3) is 0 Å². The molecule has 1 unspecified atom stereocenters. The number of benzene rings is 2. The molecular weight excluding hydrogens is 464 g/mol. The molecule has 0 spiro atoms. The maximum Gasteiger partial charge on any atom is 0.229 e. The van der Waals surface area contributed by atoms with Gasteiger partial charge in [0.05, 0.1) is 35.3 Å². The third kappa shape index (κ3) is 4.98. The minimum atomic E-state index is -3.28. The number of sulfone groups is 1. The van der Waals surface area contributed by atoms with Crippen molar-refractivity contribution in [2.24, 2.45) is 0 Å². The monoisotopic (exact) mass is 492 g/mol. The number of Topliss-reactive ketones (excluding diaryl/α,β-unsaturated/α-hetero) is 1. The zero-order valence-corrected chi connectivity index (χ0v) is 20.8. The number of rotatable bonds is 7. The number of ether oxygens (including phenoxy) is 1. The van der Waals surface area contributed by atoms with Gasteiger partial charge in [-0.3, -0.25) is 9.59 Å². The second kappa shape index (κ2) is 9.62. The topological polar surface area (TPSA) is 102 Å². The highest BCUT2D eigenvalue weighted by Gasteiger charge is 2.40. The van der Waals surface area contributed by atoms with Gasteiger partial charge in [-0.05, 0) is 67.3 Å². The molecule has 7 nitrogen and oxygen atoms in total. The lowest BCUT2D eigenvalue weighted by atomic mass is 9.69. The Morgan fingerprint density at radius 2 is 1.86 bits per heavy atom. The Hall–Kier alpha value is -3.52. The molecule has 1 N–H and O–H groups in total. The zero-order chi connectivity index (χ0) is 25.2. The number of nitrogens with zero attached hydrogens (tertiary/aromatic N) is 1. The van der Waals surface area contributed by atoms with Gasteiger partial charge in [-0.1, -0.05) is 31.2 Å². The van der Waals surface area contributed by atoms with Crippen molar-refractivity contribution in [3.8, 4) is 5.75 Å². The number of aromatic nitrogens is 1. The smallest absolute Gasteiger partial charge is 0.229 e. The summed E-state index contributed by atoms with van der Waals surface area (Å²) in [4.78, 5) is 30.8. The molecular formula is C27H28N2O5S. The predicted molar refractivity (Wildman–Crippen MR) is 134 cm³/mol. The van der Waals surface area contributed by atoms with E-state index in [0.29, 0.717) is 41.2 Å². The third-order valence-electron chi connectivity index (χ3n) is 6.58. The molecule has 0 fully saturated rings. The molecule has 0 saturated heterocycles. The fraction of sp³-hybridized carbons (Fsp3) is 0.296. The zero-order valence-electron chi connectivity index (χ0n) is 20.0. The van der Waals surface area contributed by atoms with Crippen molar-refractivity contribution in [3.63, 3.8) is 0 Å². The molecule has 3 aromatic rings. The molecule has 1 amide bonds. The third-order valence-corrected chi connectivity index (χ3v) is 8.33. The van der Waals surface area contributed by atoms with Crippen molar-refractivity contribution in [1.29, 1.82) is 0 Å². The normalized spacial score (nSPS) is 17.5. The SMILES string of the molecule is CCS(=O)(=O)c1ccc(CC(=O)Nc2ccc3c(n2)CCC(C)(c2cccc(OC)c2)C3=O)cc1. The van der Waals surface area contributed by atoms with Crippen LogP contribution in [-0.2, 0) is 32.9 Å². The number of carbonyl (C=O) groups is 2. The summed E-state index contributed by atoms with van der Waals surface area (Å²) in [6.45, 7) is 3.54. The Labute approximate surface area is 205 Å². The molecule has 0 bridgehead atoms. The summed E-state index contributed by atoms with van der Waals surface area (Å²) < 4.78 is 29.2. The summed E-state index contributed by atoms with van der Waals surface area (Å²) in [6.07, 6.45) is 1.29. The second-order valence-corrected chi connectivity index (χ2v) is 11.1. The van der Waals surface area contributed by atoms with Crippen LogP contribution in [0.3, 0.4) is 0 Å². The average molecular weight is 493 g/mol. The van der Waals surface area contributed by atoms with Gasteiger partial charge in [0, 0.05) is 5.56 Å². The number of carbonyl (C=O) groups excluding carboxylic acids is 2. The highest BCUT2D eigenvalue weighted by Crippen LogP contribution is 2.39. The number of aryl methyl sites for hydroxylation is 1. The fourth-order valence-electron chi connectivity index (χ4n) is 4.34. The molecule has 0 saturated carbocycles. The maximum absolute atomic E-state index is 13.4. The summed E-state index contributed by atoms with van der Waals surface area (Å²) in [5.41, 5.74) is 2.16. The molecule has 1 aliphatic carbocycles. The van der Waals surface area contributed by atoms with Gasteiger partial charge in [0.1, 0.15) is 11.6 Å². The molecule has 1 atom stereocenters. The number of amides is 1. The van der Waals surface area contributed by atoms with Crippen LogP contribution < -0.4 is 10.1 Å². The highest BCUT2D eigenvalue weighted by atomic mass is 32.2. The minimum Gasteiger partial charge on any atom is -0.497 e. The molecule has 35 heavy (non-hydrogen) atoms. The first-order chi connectivity index (χ1) is 16.7. The van der Waals surface area contributed by atoms with Crippen molar-refractivity contribution < 1.29 is 22.7 Å². The average Bonchev–Trinajstić information content (AvgIpc) is 2.86. The first-order valence-electron chi connectivity index (χ1n) is 11.5. The lowest BCUT2D eigenvalue weighted by Crippen LogP contribution is -2.38. The Morgan fingerprint density at radius 1 is 1.11 bits per heavy atom. The van der Waals surface area contributed by atoms with Crippen LogP contribution >= 0.6 is 0 Å². The lowest BCUT2D eigenvalue weighted by Gasteiger charge is -2.33. The molecule has 0 aliphatic heterocycles. The number of hydrogen-bond donors (Lipinski definition) is 1. The molecule has 0 radical (unpaired) electrons. The van der Waals surface area contributed by atoms with Crippen LogP contribution in [0.15, 0.2) is 65.6 Å². The largest absolute Gasteiger partial charge is 0.497 e. The van der Waals surface area contributed by atoms with E-state index in [1.807, 2.05) is 31.2 Å². The van der Waals surface area contributed by atoms with Gasteiger partial charge in [0.25, 0.3) is 0 Å². The van der Waals surface area contributed by atoms with Gasteiger partial charge in [-0.2, -0.15) is 0 Å². The number of ketones is 1. The van der Waals surface area contributed by atoms with Crippen molar-refractivity contribution in [2.75, 3.05) is 18.2 Å². The molecule has 1 aliphatic rings. The van der Waals surface area contributed by atoms with Crippen LogP contribution in [0, 0.1) is 0 Å². The molecule has 8 heteroatoms. The molecule has 182 valence electrons. The van der Waals surface area contributed by atoms with Gasteiger partial charge >= 0.3 is 0 Å². The van der Waals surface area contributed by atoms with Crippen LogP contribution in [0.1, 0.15) is 47.4 Å². The minimum absolute atomic E-state index is 0.000462. The number of methoxy groups -OCH3 is 1. The van der Waals surface area contributed by atoms with E-state index >= 15 is 0 Å². The second-order valence-electron chi connectivity index (χ2n) is 8.86.